The van der Waals surface area contributed by atoms with Gasteiger partial charge in [-0.3, -0.25) is 19.0 Å². The largest absolute Gasteiger partial charge is 0.497 e. The van der Waals surface area contributed by atoms with Crippen molar-refractivity contribution in [3.8, 4) is 11.4 Å². The number of nitrogens with one attached hydrogen (secondary N) is 1. The summed E-state index contributed by atoms with van der Waals surface area (Å²) in [5, 5.41) is 2.63. The fourth-order valence-corrected chi connectivity index (χ4v) is 4.28. The summed E-state index contributed by atoms with van der Waals surface area (Å²) < 4.78 is 11.5. The zero-order chi connectivity index (χ0) is 24.9. The highest BCUT2D eigenvalue weighted by atomic mass is 16.5. The number of esters is 1. The first-order valence-electron chi connectivity index (χ1n) is 11.3. The van der Waals surface area contributed by atoms with E-state index in [0.717, 1.165) is 5.56 Å². The molecule has 1 heterocycles. The molecule has 0 bridgehead atoms. The quantitative estimate of drug-likeness (QED) is 0.528. The molecule has 4 rings (SSSR count). The number of nitrogens with zero attached hydrogens (tertiary/aromatic N) is 1. The first kappa shape index (κ1) is 23.9. The van der Waals surface area contributed by atoms with E-state index in [1.165, 1.54) is 17.7 Å². The van der Waals surface area contributed by atoms with Crippen LogP contribution in [0.4, 0.5) is 0 Å². The Morgan fingerprint density at radius 1 is 1.00 bits per heavy atom. The molecule has 0 unspecified atom stereocenters. The van der Waals surface area contributed by atoms with Crippen molar-refractivity contribution in [3.05, 3.63) is 93.4 Å². The minimum atomic E-state index is -1.00. The molecule has 0 fully saturated rings. The Morgan fingerprint density at radius 3 is 2.37 bits per heavy atom. The number of rotatable bonds is 7. The predicted octanol–water partition coefficient (Wildman–Crippen LogP) is 2.88. The summed E-state index contributed by atoms with van der Waals surface area (Å²) in [5.74, 6) is -0.893. The monoisotopic (exact) mass is 474 g/mol. The molecular formula is C27H26N2O6. The van der Waals surface area contributed by atoms with Gasteiger partial charge in [-0.1, -0.05) is 30.3 Å². The van der Waals surface area contributed by atoms with E-state index < -0.39 is 23.5 Å². The van der Waals surface area contributed by atoms with Crippen LogP contribution in [0.25, 0.3) is 5.69 Å². The molecule has 1 amide bonds. The summed E-state index contributed by atoms with van der Waals surface area (Å²) in [5.41, 5.74) is 1.47. The van der Waals surface area contributed by atoms with E-state index in [-0.39, 0.29) is 17.8 Å². The number of Topliss-reactive ketones (excluding diaryl/α,β-unsaturated/α-hetero) is 1. The fraction of sp³-hybridized carbons (Fsp3) is 0.259. The van der Waals surface area contributed by atoms with Crippen LogP contribution in [0.1, 0.15) is 44.8 Å². The van der Waals surface area contributed by atoms with Crippen LogP contribution in [-0.2, 0) is 22.4 Å². The van der Waals surface area contributed by atoms with Crippen molar-refractivity contribution in [1.82, 2.24) is 9.88 Å². The Hall–Kier alpha value is -4.20. The van der Waals surface area contributed by atoms with E-state index in [9.17, 15) is 19.2 Å². The van der Waals surface area contributed by atoms with Crippen molar-refractivity contribution in [1.29, 1.82) is 0 Å². The topological polar surface area (TPSA) is 104 Å². The highest BCUT2D eigenvalue weighted by molar-refractivity contribution is 6.02. The maximum atomic E-state index is 13.6. The number of pyridine rings is 1. The number of ether oxygens (including phenoxy) is 2. The average Bonchev–Trinajstić information content (AvgIpc) is 2.88. The molecule has 3 aromatic rings. The van der Waals surface area contributed by atoms with Gasteiger partial charge in [-0.2, -0.15) is 0 Å². The summed E-state index contributed by atoms with van der Waals surface area (Å²) in [6.07, 6.45) is 1.68. The van der Waals surface area contributed by atoms with E-state index in [1.54, 1.807) is 31.4 Å². The standard InChI is InChI=1S/C27H26N2O6/c1-34-19-13-11-18(12-14-19)29-23-9-6-10-24(30)20(23)16-21(26(29)32)25(31)28-22(27(33)35-2)15-17-7-4-3-5-8-17/h3-5,7-8,11-14,16,22H,6,9-10,15H2,1-2H3,(H,28,31)/t22-/m0/s1. The van der Waals surface area contributed by atoms with Crippen molar-refractivity contribution >= 4 is 17.7 Å². The Bertz CT molecular complexity index is 1310. The third kappa shape index (κ3) is 5.01. The molecule has 35 heavy (non-hydrogen) atoms. The van der Waals surface area contributed by atoms with Gasteiger partial charge in [0.05, 0.1) is 14.2 Å². The molecular weight excluding hydrogens is 448 g/mol. The molecule has 2 aromatic carbocycles. The van der Waals surface area contributed by atoms with Crippen molar-refractivity contribution < 1.29 is 23.9 Å². The van der Waals surface area contributed by atoms with Crippen LogP contribution in [0, 0.1) is 0 Å². The maximum Gasteiger partial charge on any atom is 0.328 e. The summed E-state index contributed by atoms with van der Waals surface area (Å²) in [6, 6.07) is 16.3. The van der Waals surface area contributed by atoms with Crippen molar-refractivity contribution in [3.63, 3.8) is 0 Å². The van der Waals surface area contributed by atoms with Crippen LogP contribution in [-0.4, -0.2) is 42.5 Å². The van der Waals surface area contributed by atoms with Crippen LogP contribution < -0.4 is 15.6 Å². The van der Waals surface area contributed by atoms with Crippen LogP contribution >= 0.6 is 0 Å². The normalized spacial score (nSPS) is 13.5. The third-order valence-electron chi connectivity index (χ3n) is 6.07. The lowest BCUT2D eigenvalue weighted by molar-refractivity contribution is -0.142. The molecule has 1 aliphatic carbocycles. The van der Waals surface area contributed by atoms with Gasteiger partial charge in [-0.25, -0.2) is 4.79 Å². The Balaban J connectivity index is 1.76. The third-order valence-corrected chi connectivity index (χ3v) is 6.07. The molecule has 1 N–H and O–H groups in total. The lowest BCUT2D eigenvalue weighted by Crippen LogP contribution is -2.45. The van der Waals surface area contributed by atoms with Gasteiger partial charge in [0.2, 0.25) is 0 Å². The molecule has 8 heteroatoms. The summed E-state index contributed by atoms with van der Waals surface area (Å²) in [6.45, 7) is 0. The van der Waals surface area contributed by atoms with Crippen molar-refractivity contribution in [2.75, 3.05) is 14.2 Å². The molecule has 1 aromatic heterocycles. The van der Waals surface area contributed by atoms with Crippen LogP contribution in [0.2, 0.25) is 0 Å². The smallest absolute Gasteiger partial charge is 0.328 e. The lowest BCUT2D eigenvalue weighted by atomic mass is 9.92. The maximum absolute atomic E-state index is 13.6. The van der Waals surface area contributed by atoms with Gasteiger partial charge in [-0.15, -0.1) is 0 Å². The first-order valence-corrected chi connectivity index (χ1v) is 11.3. The minimum absolute atomic E-state index is 0.128. The van der Waals surface area contributed by atoms with Crippen LogP contribution in [0.15, 0.2) is 65.5 Å². The summed E-state index contributed by atoms with van der Waals surface area (Å²) in [7, 11) is 2.78. The van der Waals surface area contributed by atoms with E-state index in [0.29, 0.717) is 42.0 Å². The number of benzene rings is 2. The lowest BCUT2D eigenvalue weighted by Gasteiger charge is -2.22. The SMILES string of the molecule is COC(=O)[C@H](Cc1ccccc1)NC(=O)c1cc2c(n(-c3ccc(OC)cc3)c1=O)CCCC2=O. The second-order valence-electron chi connectivity index (χ2n) is 8.27. The second kappa shape index (κ2) is 10.4. The van der Waals surface area contributed by atoms with E-state index in [2.05, 4.69) is 5.32 Å². The van der Waals surface area contributed by atoms with Crippen molar-refractivity contribution in [2.24, 2.45) is 0 Å². The van der Waals surface area contributed by atoms with E-state index in [4.69, 9.17) is 9.47 Å². The van der Waals surface area contributed by atoms with Gasteiger partial charge in [0.1, 0.15) is 17.4 Å². The van der Waals surface area contributed by atoms with Gasteiger partial charge >= 0.3 is 5.97 Å². The number of hydrogen-bond donors (Lipinski definition) is 1. The van der Waals surface area contributed by atoms with Crippen LogP contribution in [0.5, 0.6) is 5.75 Å². The zero-order valence-corrected chi connectivity index (χ0v) is 19.6. The predicted molar refractivity (Wildman–Crippen MR) is 129 cm³/mol. The number of amides is 1. The molecule has 0 saturated carbocycles. The fourth-order valence-electron chi connectivity index (χ4n) is 4.28. The van der Waals surface area contributed by atoms with E-state index >= 15 is 0 Å². The number of carbonyl (C=O) groups excluding carboxylic acids is 3. The number of ketones is 1. The van der Waals surface area contributed by atoms with Gasteiger partial charge < -0.3 is 14.8 Å². The number of carbonyl (C=O) groups is 3. The molecule has 0 aliphatic heterocycles. The van der Waals surface area contributed by atoms with Gasteiger partial charge in [0.15, 0.2) is 5.78 Å². The van der Waals surface area contributed by atoms with Gasteiger partial charge in [0.25, 0.3) is 11.5 Å². The zero-order valence-electron chi connectivity index (χ0n) is 19.6. The Kier molecular flexibility index (Phi) is 7.10. The van der Waals surface area contributed by atoms with E-state index in [1.807, 2.05) is 30.3 Å². The number of hydrogen-bond acceptors (Lipinski definition) is 6. The van der Waals surface area contributed by atoms with Gasteiger partial charge in [-0.05, 0) is 48.7 Å². The molecule has 0 saturated heterocycles. The molecule has 1 atom stereocenters. The number of aromatic nitrogens is 1. The Labute approximate surface area is 202 Å². The number of methoxy groups -OCH3 is 2. The van der Waals surface area contributed by atoms with Crippen LogP contribution in [0.3, 0.4) is 0 Å². The van der Waals surface area contributed by atoms with Gasteiger partial charge in [0, 0.05) is 29.8 Å². The van der Waals surface area contributed by atoms with Crippen molar-refractivity contribution in [2.45, 2.75) is 31.7 Å². The summed E-state index contributed by atoms with van der Waals surface area (Å²) in [4.78, 5) is 52.0. The molecule has 0 radical (unpaired) electrons. The highest BCUT2D eigenvalue weighted by Gasteiger charge is 2.29. The number of fused-ring (bicyclic) bond motifs is 1. The molecule has 0 spiro atoms. The first-order chi connectivity index (χ1) is 16.9. The summed E-state index contributed by atoms with van der Waals surface area (Å²) >= 11 is 0. The molecule has 1 aliphatic rings. The molecule has 180 valence electrons. The highest BCUT2D eigenvalue weighted by Crippen LogP contribution is 2.24. The molecule has 8 nitrogen and oxygen atoms in total. The average molecular weight is 475 g/mol. The second-order valence-corrected chi connectivity index (χ2v) is 8.27. The minimum Gasteiger partial charge on any atom is -0.497 e. The Morgan fingerprint density at radius 2 is 1.71 bits per heavy atom.